The summed E-state index contributed by atoms with van der Waals surface area (Å²) in [5.41, 5.74) is 4.29. The molecule has 0 aliphatic rings. The summed E-state index contributed by atoms with van der Waals surface area (Å²) in [5, 5.41) is 0.836. The summed E-state index contributed by atoms with van der Waals surface area (Å²) in [6, 6.07) is 16.0. The number of nitrogens with zero attached hydrogens (tertiary/aromatic N) is 3. The first-order chi connectivity index (χ1) is 18.9. The van der Waals surface area contributed by atoms with E-state index >= 15 is 0 Å². The van der Waals surface area contributed by atoms with E-state index in [1.165, 1.54) is 24.8 Å². The van der Waals surface area contributed by atoms with Gasteiger partial charge in [-0.05, 0) is 42.0 Å². The molecule has 3 heterocycles. The lowest BCUT2D eigenvalue weighted by Crippen LogP contribution is -2.16. The molecule has 0 aliphatic heterocycles. The maximum absolute atomic E-state index is 12.6. The number of benzene rings is 2. The standard InChI is InChI=1S/C29H21Cl2N3O5/c1-37-18-12-21(27(31)22(13-18)23-8-7-17(15-35)28(33-23)39-3)20-6-4-5-19(26(20)30)16-9-10-34-25(11-16)32-14-24(38-2)29(34)36/h4-15H,1-3H3. The van der Waals surface area contributed by atoms with Crippen LogP contribution in [0.1, 0.15) is 10.4 Å². The van der Waals surface area contributed by atoms with E-state index < -0.39 is 0 Å². The van der Waals surface area contributed by atoms with E-state index in [1.54, 1.807) is 49.7 Å². The van der Waals surface area contributed by atoms with Gasteiger partial charge in [-0.1, -0.05) is 41.4 Å². The van der Waals surface area contributed by atoms with Crippen LogP contribution in [-0.4, -0.2) is 42.0 Å². The number of pyridine rings is 2. The number of ether oxygens (including phenoxy) is 3. The molecule has 3 aromatic heterocycles. The van der Waals surface area contributed by atoms with Gasteiger partial charge in [0.25, 0.3) is 5.56 Å². The number of carbonyl (C=O) groups excluding carboxylic acids is 1. The smallest absolute Gasteiger partial charge is 0.300 e. The number of methoxy groups -OCH3 is 3. The first-order valence-corrected chi connectivity index (χ1v) is 12.4. The van der Waals surface area contributed by atoms with Crippen molar-refractivity contribution in [1.29, 1.82) is 0 Å². The Morgan fingerprint density at radius 3 is 2.31 bits per heavy atom. The summed E-state index contributed by atoms with van der Waals surface area (Å²) in [6.07, 6.45) is 3.70. The molecule has 2 aromatic carbocycles. The lowest BCUT2D eigenvalue weighted by molar-refractivity contribution is 0.112. The molecule has 39 heavy (non-hydrogen) atoms. The molecule has 196 valence electrons. The lowest BCUT2D eigenvalue weighted by atomic mass is 9.96. The van der Waals surface area contributed by atoms with Crippen molar-refractivity contribution < 1.29 is 19.0 Å². The van der Waals surface area contributed by atoms with Crippen molar-refractivity contribution in [1.82, 2.24) is 14.4 Å². The van der Waals surface area contributed by atoms with Crippen LogP contribution in [0.15, 0.2) is 71.8 Å². The highest BCUT2D eigenvalue weighted by Gasteiger charge is 2.19. The van der Waals surface area contributed by atoms with E-state index in [-0.39, 0.29) is 17.2 Å². The Morgan fingerprint density at radius 1 is 0.846 bits per heavy atom. The Bertz CT molecular complexity index is 1800. The first kappa shape index (κ1) is 26.2. The van der Waals surface area contributed by atoms with Crippen LogP contribution >= 0.6 is 23.2 Å². The van der Waals surface area contributed by atoms with Crippen LogP contribution in [0.4, 0.5) is 0 Å². The second-order valence-electron chi connectivity index (χ2n) is 8.39. The number of halogens is 2. The summed E-state index contributed by atoms with van der Waals surface area (Å²) in [7, 11) is 4.42. The van der Waals surface area contributed by atoms with Crippen LogP contribution in [-0.2, 0) is 0 Å². The SMILES string of the molecule is COc1cc(-c2ccc(C=O)c(OC)n2)c(Cl)c(-c2cccc(-c3ccn4c(=O)c(OC)cnc4c3)c2Cl)c1. The lowest BCUT2D eigenvalue weighted by Gasteiger charge is -2.16. The van der Waals surface area contributed by atoms with Crippen LogP contribution in [0.2, 0.25) is 10.0 Å². The molecule has 0 saturated carbocycles. The van der Waals surface area contributed by atoms with E-state index in [2.05, 4.69) is 9.97 Å². The van der Waals surface area contributed by atoms with Crippen molar-refractivity contribution >= 4 is 35.1 Å². The molecule has 5 rings (SSSR count). The van der Waals surface area contributed by atoms with Crippen molar-refractivity contribution in [3.8, 4) is 50.9 Å². The van der Waals surface area contributed by atoms with Gasteiger partial charge in [0.2, 0.25) is 11.6 Å². The van der Waals surface area contributed by atoms with Gasteiger partial charge in [0.05, 0.1) is 48.8 Å². The molecule has 0 amide bonds. The number of carbonyl (C=O) groups is 1. The Balaban J connectivity index is 1.66. The Hall–Kier alpha value is -4.40. The van der Waals surface area contributed by atoms with Crippen LogP contribution < -0.4 is 19.8 Å². The fraction of sp³-hybridized carbons (Fsp3) is 0.103. The second kappa shape index (κ2) is 10.8. The normalized spacial score (nSPS) is 10.9. The van der Waals surface area contributed by atoms with Gasteiger partial charge in [-0.25, -0.2) is 9.97 Å². The zero-order valence-corrected chi connectivity index (χ0v) is 22.6. The van der Waals surface area contributed by atoms with E-state index in [0.717, 1.165) is 11.1 Å². The quantitative estimate of drug-likeness (QED) is 0.217. The first-order valence-electron chi connectivity index (χ1n) is 11.6. The van der Waals surface area contributed by atoms with Crippen LogP contribution in [0.25, 0.3) is 39.2 Å². The molecule has 0 fully saturated rings. The molecule has 0 bridgehead atoms. The van der Waals surface area contributed by atoms with Gasteiger partial charge in [-0.3, -0.25) is 14.0 Å². The van der Waals surface area contributed by atoms with Gasteiger partial charge in [0.15, 0.2) is 6.29 Å². The van der Waals surface area contributed by atoms with Crippen LogP contribution in [0.5, 0.6) is 17.4 Å². The second-order valence-corrected chi connectivity index (χ2v) is 9.15. The van der Waals surface area contributed by atoms with Crippen molar-refractivity contribution in [2.24, 2.45) is 0 Å². The predicted molar refractivity (Wildman–Crippen MR) is 151 cm³/mol. The highest BCUT2D eigenvalue weighted by atomic mass is 35.5. The fourth-order valence-electron chi connectivity index (χ4n) is 4.28. The van der Waals surface area contributed by atoms with E-state index in [0.29, 0.717) is 55.7 Å². The highest BCUT2D eigenvalue weighted by Crippen LogP contribution is 2.44. The van der Waals surface area contributed by atoms with Gasteiger partial charge in [0.1, 0.15) is 11.4 Å². The zero-order chi connectivity index (χ0) is 27.7. The van der Waals surface area contributed by atoms with Crippen LogP contribution in [0.3, 0.4) is 0 Å². The average Bonchev–Trinajstić information content (AvgIpc) is 2.97. The number of fused-ring (bicyclic) bond motifs is 1. The fourth-order valence-corrected chi connectivity index (χ4v) is 4.93. The molecular weight excluding hydrogens is 541 g/mol. The van der Waals surface area contributed by atoms with Crippen molar-refractivity contribution in [2.75, 3.05) is 21.3 Å². The molecular formula is C29H21Cl2N3O5. The van der Waals surface area contributed by atoms with Crippen molar-refractivity contribution in [3.63, 3.8) is 0 Å². The molecule has 0 spiro atoms. The number of hydrogen-bond donors (Lipinski definition) is 0. The monoisotopic (exact) mass is 561 g/mol. The molecule has 0 N–H and O–H groups in total. The highest BCUT2D eigenvalue weighted by molar-refractivity contribution is 6.39. The average molecular weight is 562 g/mol. The van der Waals surface area contributed by atoms with E-state index in [9.17, 15) is 9.59 Å². The third kappa shape index (κ3) is 4.69. The minimum atomic E-state index is -0.309. The molecule has 10 heteroatoms. The van der Waals surface area contributed by atoms with E-state index in [1.807, 2.05) is 18.2 Å². The largest absolute Gasteiger partial charge is 0.497 e. The molecule has 0 atom stereocenters. The number of aldehydes is 1. The zero-order valence-electron chi connectivity index (χ0n) is 21.1. The summed E-state index contributed by atoms with van der Waals surface area (Å²) in [6.45, 7) is 0. The summed E-state index contributed by atoms with van der Waals surface area (Å²) in [5.74, 6) is 0.871. The molecule has 0 saturated heterocycles. The van der Waals surface area contributed by atoms with Gasteiger partial charge in [-0.15, -0.1) is 0 Å². The molecule has 0 unspecified atom stereocenters. The topological polar surface area (TPSA) is 92.0 Å². The number of rotatable bonds is 7. The van der Waals surface area contributed by atoms with Crippen molar-refractivity contribution in [2.45, 2.75) is 0 Å². The predicted octanol–water partition coefficient (Wildman–Crippen LogP) is 6.24. The third-order valence-corrected chi connectivity index (χ3v) is 7.08. The number of hydrogen-bond acceptors (Lipinski definition) is 7. The molecule has 8 nitrogen and oxygen atoms in total. The summed E-state index contributed by atoms with van der Waals surface area (Å²) in [4.78, 5) is 32.7. The van der Waals surface area contributed by atoms with Gasteiger partial charge < -0.3 is 14.2 Å². The number of aromatic nitrogens is 3. The summed E-state index contributed by atoms with van der Waals surface area (Å²) < 4.78 is 17.3. The maximum atomic E-state index is 12.6. The Morgan fingerprint density at radius 2 is 1.59 bits per heavy atom. The Labute approximate surface area is 233 Å². The van der Waals surface area contributed by atoms with E-state index in [4.69, 9.17) is 37.4 Å². The third-order valence-electron chi connectivity index (χ3n) is 6.27. The van der Waals surface area contributed by atoms with Gasteiger partial charge >= 0.3 is 0 Å². The minimum Gasteiger partial charge on any atom is -0.497 e. The molecule has 5 aromatic rings. The van der Waals surface area contributed by atoms with Gasteiger partial charge in [-0.2, -0.15) is 0 Å². The summed E-state index contributed by atoms with van der Waals surface area (Å²) >= 11 is 13.9. The van der Waals surface area contributed by atoms with Crippen LogP contribution in [0, 0.1) is 0 Å². The van der Waals surface area contributed by atoms with Crippen molar-refractivity contribution in [3.05, 3.63) is 93.0 Å². The Kier molecular flexibility index (Phi) is 7.24. The maximum Gasteiger partial charge on any atom is 0.300 e. The minimum absolute atomic E-state index is 0.150. The molecule has 0 radical (unpaired) electrons. The molecule has 0 aliphatic carbocycles. The van der Waals surface area contributed by atoms with Gasteiger partial charge in [0, 0.05) is 28.5 Å².